The van der Waals surface area contributed by atoms with Crippen molar-refractivity contribution in [3.8, 4) is 0 Å². The van der Waals surface area contributed by atoms with Gasteiger partial charge in [-0.2, -0.15) is 0 Å². The number of carbonyl (C=O) groups excluding carboxylic acids is 1. The number of carbonyl (C=O) groups is 1. The lowest BCUT2D eigenvalue weighted by Crippen LogP contribution is -2.12. The molecule has 0 aliphatic carbocycles. The van der Waals surface area contributed by atoms with Crippen molar-refractivity contribution in [1.29, 1.82) is 0 Å². The molecule has 17 heavy (non-hydrogen) atoms. The van der Waals surface area contributed by atoms with Crippen molar-refractivity contribution in [2.45, 2.75) is 26.4 Å². The molecular formula is C14H17FO2. The van der Waals surface area contributed by atoms with Gasteiger partial charge in [-0.25, -0.2) is 9.18 Å². The van der Waals surface area contributed by atoms with E-state index in [2.05, 4.69) is 6.58 Å². The van der Waals surface area contributed by atoms with Gasteiger partial charge in [-0.05, 0) is 24.5 Å². The maximum Gasteiger partial charge on any atom is 0.336 e. The molecule has 0 spiro atoms. The molecule has 0 saturated carbocycles. The van der Waals surface area contributed by atoms with E-state index in [0.717, 1.165) is 5.56 Å². The van der Waals surface area contributed by atoms with Gasteiger partial charge in [-0.15, -0.1) is 0 Å². The van der Waals surface area contributed by atoms with Crippen LogP contribution in [0.4, 0.5) is 4.39 Å². The maximum absolute atomic E-state index is 14.1. The Labute approximate surface area is 101 Å². The standard InChI is InChI=1S/C14H17FO2/c1-4-9-17-14(16)11(3)13(15)12-8-6-5-7-10(12)2/h5-8,13H,3-4,9H2,1-2H3. The zero-order valence-corrected chi connectivity index (χ0v) is 10.2. The second-order valence-electron chi connectivity index (χ2n) is 3.88. The molecule has 1 rings (SSSR count). The summed E-state index contributed by atoms with van der Waals surface area (Å²) >= 11 is 0. The van der Waals surface area contributed by atoms with Gasteiger partial charge in [0.1, 0.15) is 0 Å². The van der Waals surface area contributed by atoms with E-state index in [1.165, 1.54) is 0 Å². The lowest BCUT2D eigenvalue weighted by atomic mass is 10.00. The topological polar surface area (TPSA) is 26.3 Å². The van der Waals surface area contributed by atoms with E-state index in [9.17, 15) is 9.18 Å². The number of rotatable bonds is 5. The number of hydrogen-bond acceptors (Lipinski definition) is 2. The minimum atomic E-state index is -1.50. The highest BCUT2D eigenvalue weighted by atomic mass is 19.1. The predicted molar refractivity (Wildman–Crippen MR) is 65.4 cm³/mol. The van der Waals surface area contributed by atoms with E-state index in [0.29, 0.717) is 18.6 Å². The number of esters is 1. The zero-order valence-electron chi connectivity index (χ0n) is 10.2. The number of alkyl halides is 1. The molecule has 0 bridgehead atoms. The quantitative estimate of drug-likeness (QED) is 0.577. The molecule has 0 aliphatic rings. The maximum atomic E-state index is 14.1. The van der Waals surface area contributed by atoms with Crippen molar-refractivity contribution >= 4 is 5.97 Å². The SMILES string of the molecule is C=C(C(=O)OCCC)C(F)c1ccccc1C. The van der Waals surface area contributed by atoms with Crippen LogP contribution < -0.4 is 0 Å². The van der Waals surface area contributed by atoms with Crippen LogP contribution in [-0.4, -0.2) is 12.6 Å². The van der Waals surface area contributed by atoms with E-state index >= 15 is 0 Å². The smallest absolute Gasteiger partial charge is 0.336 e. The molecule has 92 valence electrons. The van der Waals surface area contributed by atoms with Crippen LogP contribution in [0.25, 0.3) is 0 Å². The number of hydrogen-bond donors (Lipinski definition) is 0. The summed E-state index contributed by atoms with van der Waals surface area (Å²) in [5.41, 5.74) is 1.11. The lowest BCUT2D eigenvalue weighted by molar-refractivity contribution is -0.139. The number of halogens is 1. The monoisotopic (exact) mass is 236 g/mol. The van der Waals surface area contributed by atoms with Crippen molar-refractivity contribution in [3.05, 3.63) is 47.5 Å². The summed E-state index contributed by atoms with van der Waals surface area (Å²) in [5, 5.41) is 0. The van der Waals surface area contributed by atoms with E-state index in [1.807, 2.05) is 13.0 Å². The fraction of sp³-hybridized carbons (Fsp3) is 0.357. The number of ether oxygens (including phenoxy) is 1. The molecule has 3 heteroatoms. The molecule has 0 fully saturated rings. The van der Waals surface area contributed by atoms with Gasteiger partial charge in [0.15, 0.2) is 6.17 Å². The fourth-order valence-corrected chi connectivity index (χ4v) is 1.45. The first-order valence-corrected chi connectivity index (χ1v) is 5.63. The highest BCUT2D eigenvalue weighted by Gasteiger charge is 2.22. The molecule has 0 saturated heterocycles. The highest BCUT2D eigenvalue weighted by molar-refractivity contribution is 5.89. The second-order valence-corrected chi connectivity index (χ2v) is 3.88. The third-order valence-corrected chi connectivity index (χ3v) is 2.47. The zero-order chi connectivity index (χ0) is 12.8. The molecule has 1 unspecified atom stereocenters. The van der Waals surface area contributed by atoms with Crippen LogP contribution in [0.15, 0.2) is 36.4 Å². The summed E-state index contributed by atoms with van der Waals surface area (Å²) < 4.78 is 18.9. The molecule has 1 aromatic rings. The van der Waals surface area contributed by atoms with Crippen LogP contribution in [0.3, 0.4) is 0 Å². The van der Waals surface area contributed by atoms with Gasteiger partial charge < -0.3 is 4.74 Å². The van der Waals surface area contributed by atoms with Crippen LogP contribution in [-0.2, 0) is 9.53 Å². The van der Waals surface area contributed by atoms with E-state index in [4.69, 9.17) is 4.74 Å². The molecule has 1 aromatic carbocycles. The molecule has 0 amide bonds. The summed E-state index contributed by atoms with van der Waals surface area (Å²) in [6.45, 7) is 7.44. The number of benzene rings is 1. The van der Waals surface area contributed by atoms with Crippen LogP contribution >= 0.6 is 0 Å². The van der Waals surface area contributed by atoms with Gasteiger partial charge >= 0.3 is 5.97 Å². The molecule has 0 aromatic heterocycles. The minimum Gasteiger partial charge on any atom is -0.462 e. The van der Waals surface area contributed by atoms with Crippen molar-refractivity contribution < 1.29 is 13.9 Å². The third-order valence-electron chi connectivity index (χ3n) is 2.47. The van der Waals surface area contributed by atoms with Crippen molar-refractivity contribution in [3.63, 3.8) is 0 Å². The van der Waals surface area contributed by atoms with Gasteiger partial charge in [0, 0.05) is 0 Å². The Morgan fingerprint density at radius 1 is 1.47 bits per heavy atom. The van der Waals surface area contributed by atoms with Gasteiger partial charge in [0.2, 0.25) is 0 Å². The Hall–Kier alpha value is -1.64. The highest BCUT2D eigenvalue weighted by Crippen LogP contribution is 2.27. The molecular weight excluding hydrogens is 219 g/mol. The normalized spacial score (nSPS) is 11.9. The summed E-state index contributed by atoms with van der Waals surface area (Å²) in [7, 11) is 0. The average Bonchev–Trinajstić information content (AvgIpc) is 2.34. The summed E-state index contributed by atoms with van der Waals surface area (Å²) in [5.74, 6) is -0.664. The first-order chi connectivity index (χ1) is 8.07. The molecule has 0 heterocycles. The second kappa shape index (κ2) is 6.18. The molecule has 2 nitrogen and oxygen atoms in total. The average molecular weight is 236 g/mol. The van der Waals surface area contributed by atoms with Crippen LogP contribution in [0.1, 0.15) is 30.6 Å². The first-order valence-electron chi connectivity index (χ1n) is 5.63. The van der Waals surface area contributed by atoms with E-state index < -0.39 is 12.1 Å². The Kier molecular flexibility index (Phi) is 4.88. The predicted octanol–water partition coefficient (Wildman–Crippen LogP) is 3.52. The summed E-state index contributed by atoms with van der Waals surface area (Å²) in [4.78, 5) is 11.5. The molecule has 1 atom stereocenters. The van der Waals surface area contributed by atoms with Crippen LogP contribution in [0.5, 0.6) is 0 Å². The Morgan fingerprint density at radius 3 is 2.71 bits per heavy atom. The largest absolute Gasteiger partial charge is 0.462 e. The molecule has 0 aliphatic heterocycles. The summed E-state index contributed by atoms with van der Waals surface area (Å²) in [6, 6.07) is 7.01. The third kappa shape index (κ3) is 3.41. The van der Waals surface area contributed by atoms with E-state index in [-0.39, 0.29) is 5.57 Å². The lowest BCUT2D eigenvalue weighted by Gasteiger charge is -2.13. The van der Waals surface area contributed by atoms with Crippen molar-refractivity contribution in [2.24, 2.45) is 0 Å². The van der Waals surface area contributed by atoms with E-state index in [1.54, 1.807) is 25.1 Å². The van der Waals surface area contributed by atoms with Crippen LogP contribution in [0, 0.1) is 6.92 Å². The minimum absolute atomic E-state index is 0.146. The fourth-order valence-electron chi connectivity index (χ4n) is 1.45. The summed E-state index contributed by atoms with van der Waals surface area (Å²) in [6.07, 6.45) is -0.791. The van der Waals surface area contributed by atoms with Crippen molar-refractivity contribution in [1.82, 2.24) is 0 Å². The van der Waals surface area contributed by atoms with Gasteiger partial charge in [-0.1, -0.05) is 37.8 Å². The first kappa shape index (κ1) is 13.4. The van der Waals surface area contributed by atoms with Gasteiger partial charge in [0.05, 0.1) is 12.2 Å². The van der Waals surface area contributed by atoms with Crippen LogP contribution in [0.2, 0.25) is 0 Å². The molecule has 0 radical (unpaired) electrons. The molecule has 0 N–H and O–H groups in total. The Bertz CT molecular complexity index is 412. The Balaban J connectivity index is 2.76. The number of aryl methyl sites for hydroxylation is 1. The Morgan fingerprint density at radius 2 is 2.12 bits per heavy atom. The van der Waals surface area contributed by atoms with Crippen molar-refractivity contribution in [2.75, 3.05) is 6.61 Å². The van der Waals surface area contributed by atoms with Gasteiger partial charge in [-0.3, -0.25) is 0 Å². The van der Waals surface area contributed by atoms with Gasteiger partial charge in [0.25, 0.3) is 0 Å².